The van der Waals surface area contributed by atoms with Crippen LogP contribution in [0.2, 0.25) is 0 Å². The standard InChI is InChI=1S/C23H29N3O2/c1-4-9-20-22(19-13-12-17-10-6-7-11-18(17)25-19)21(23(24)27)16(3)26(20)14-8-15-28-5-2/h6-7,10-13H,4-5,8-9,14-15H2,1-3H3,(H2,24,27). The number of amides is 1. The second-order valence-electron chi connectivity index (χ2n) is 6.99. The SMILES string of the molecule is CCCc1c(-c2ccc3ccccc3n2)c(C(N)=O)c(C)n1CCCOCC. The fourth-order valence-electron chi connectivity index (χ4n) is 3.85. The van der Waals surface area contributed by atoms with Crippen LogP contribution in [0, 0.1) is 6.92 Å². The van der Waals surface area contributed by atoms with Crippen molar-refractivity contribution in [2.24, 2.45) is 5.73 Å². The highest BCUT2D eigenvalue weighted by molar-refractivity contribution is 6.02. The average Bonchev–Trinajstić information content (AvgIpc) is 2.97. The molecule has 0 fully saturated rings. The number of primary amides is 1. The molecule has 3 aromatic rings. The third kappa shape index (κ3) is 3.94. The third-order valence-corrected chi connectivity index (χ3v) is 5.09. The minimum Gasteiger partial charge on any atom is -0.382 e. The molecule has 0 aliphatic rings. The molecule has 3 rings (SSSR count). The Bertz CT molecular complexity index is 975. The maximum absolute atomic E-state index is 12.4. The van der Waals surface area contributed by atoms with Gasteiger partial charge in [0.25, 0.3) is 5.91 Å². The molecule has 2 heterocycles. The lowest BCUT2D eigenvalue weighted by Crippen LogP contribution is -2.14. The van der Waals surface area contributed by atoms with Crippen molar-refractivity contribution in [2.75, 3.05) is 13.2 Å². The summed E-state index contributed by atoms with van der Waals surface area (Å²) >= 11 is 0. The molecule has 5 nitrogen and oxygen atoms in total. The van der Waals surface area contributed by atoms with E-state index in [1.807, 2.05) is 44.2 Å². The zero-order valence-electron chi connectivity index (χ0n) is 17.0. The lowest BCUT2D eigenvalue weighted by atomic mass is 10.0. The van der Waals surface area contributed by atoms with Crippen LogP contribution in [0.3, 0.4) is 0 Å². The Morgan fingerprint density at radius 3 is 2.68 bits per heavy atom. The van der Waals surface area contributed by atoms with E-state index in [0.717, 1.165) is 59.4 Å². The van der Waals surface area contributed by atoms with E-state index in [-0.39, 0.29) is 0 Å². The molecule has 0 atom stereocenters. The number of hydrogen-bond donors (Lipinski definition) is 1. The van der Waals surface area contributed by atoms with Gasteiger partial charge in [-0.25, -0.2) is 4.98 Å². The van der Waals surface area contributed by atoms with Crippen LogP contribution in [0.4, 0.5) is 0 Å². The Morgan fingerprint density at radius 1 is 1.18 bits per heavy atom. The van der Waals surface area contributed by atoms with E-state index < -0.39 is 5.91 Å². The van der Waals surface area contributed by atoms with E-state index in [1.54, 1.807) is 0 Å². The summed E-state index contributed by atoms with van der Waals surface area (Å²) in [6.07, 6.45) is 2.74. The second-order valence-corrected chi connectivity index (χ2v) is 6.99. The predicted octanol–water partition coefficient (Wildman–Crippen LogP) is 4.49. The highest BCUT2D eigenvalue weighted by Gasteiger charge is 2.25. The number of carbonyl (C=O) groups is 1. The quantitative estimate of drug-likeness (QED) is 0.557. The number of nitrogens with two attached hydrogens (primary N) is 1. The fraction of sp³-hybridized carbons (Fsp3) is 0.391. The van der Waals surface area contributed by atoms with Gasteiger partial charge in [-0.2, -0.15) is 0 Å². The summed E-state index contributed by atoms with van der Waals surface area (Å²) in [5.74, 6) is -0.400. The molecule has 0 aliphatic heterocycles. The molecule has 0 aliphatic carbocycles. The first kappa shape index (κ1) is 20.1. The Hall–Kier alpha value is -2.66. The summed E-state index contributed by atoms with van der Waals surface area (Å²) in [7, 11) is 0. The number of fused-ring (bicyclic) bond motifs is 1. The van der Waals surface area contributed by atoms with E-state index in [9.17, 15) is 4.79 Å². The summed E-state index contributed by atoms with van der Waals surface area (Å²) in [5, 5.41) is 1.08. The first-order valence-electron chi connectivity index (χ1n) is 10.0. The molecule has 0 radical (unpaired) electrons. The van der Waals surface area contributed by atoms with Gasteiger partial charge in [0.05, 0.1) is 16.8 Å². The van der Waals surface area contributed by atoms with Crippen molar-refractivity contribution in [1.29, 1.82) is 0 Å². The molecule has 0 unspecified atom stereocenters. The third-order valence-electron chi connectivity index (χ3n) is 5.09. The van der Waals surface area contributed by atoms with E-state index >= 15 is 0 Å². The van der Waals surface area contributed by atoms with Crippen molar-refractivity contribution >= 4 is 16.8 Å². The summed E-state index contributed by atoms with van der Waals surface area (Å²) in [4.78, 5) is 17.2. The summed E-state index contributed by atoms with van der Waals surface area (Å²) < 4.78 is 7.73. The molecule has 5 heteroatoms. The van der Waals surface area contributed by atoms with E-state index in [4.69, 9.17) is 15.5 Å². The minimum absolute atomic E-state index is 0.400. The lowest BCUT2D eigenvalue weighted by molar-refractivity contribution is 0.1000. The summed E-state index contributed by atoms with van der Waals surface area (Å²) in [5.41, 5.74) is 11.1. The zero-order chi connectivity index (χ0) is 20.1. The molecule has 0 saturated carbocycles. The van der Waals surface area contributed by atoms with Gasteiger partial charge in [-0.3, -0.25) is 4.79 Å². The van der Waals surface area contributed by atoms with Crippen LogP contribution < -0.4 is 5.73 Å². The Balaban J connectivity index is 2.14. The molecule has 148 valence electrons. The smallest absolute Gasteiger partial charge is 0.251 e. The van der Waals surface area contributed by atoms with E-state index in [2.05, 4.69) is 17.6 Å². The van der Waals surface area contributed by atoms with Gasteiger partial charge in [-0.15, -0.1) is 0 Å². The molecule has 0 bridgehead atoms. The van der Waals surface area contributed by atoms with E-state index in [0.29, 0.717) is 18.8 Å². The van der Waals surface area contributed by atoms with Crippen LogP contribution >= 0.6 is 0 Å². The van der Waals surface area contributed by atoms with Crippen LogP contribution in [-0.4, -0.2) is 28.7 Å². The van der Waals surface area contributed by atoms with Crippen LogP contribution in [-0.2, 0) is 17.7 Å². The Labute approximate surface area is 166 Å². The first-order chi connectivity index (χ1) is 13.6. The number of pyridine rings is 1. The zero-order valence-corrected chi connectivity index (χ0v) is 17.0. The van der Waals surface area contributed by atoms with Gasteiger partial charge in [0, 0.05) is 42.1 Å². The highest BCUT2D eigenvalue weighted by atomic mass is 16.5. The fourth-order valence-corrected chi connectivity index (χ4v) is 3.85. The van der Waals surface area contributed by atoms with Gasteiger partial charge in [-0.1, -0.05) is 37.6 Å². The first-order valence-corrected chi connectivity index (χ1v) is 10.0. The highest BCUT2D eigenvalue weighted by Crippen LogP contribution is 2.33. The van der Waals surface area contributed by atoms with E-state index in [1.165, 1.54) is 0 Å². The molecule has 1 aromatic carbocycles. The number of rotatable bonds is 9. The van der Waals surface area contributed by atoms with Gasteiger partial charge in [-0.05, 0) is 38.8 Å². The number of benzene rings is 1. The largest absolute Gasteiger partial charge is 0.382 e. The predicted molar refractivity (Wildman–Crippen MR) is 114 cm³/mol. The topological polar surface area (TPSA) is 70.1 Å². The van der Waals surface area contributed by atoms with Gasteiger partial charge >= 0.3 is 0 Å². The Morgan fingerprint density at radius 2 is 1.96 bits per heavy atom. The number of hydrogen-bond acceptors (Lipinski definition) is 3. The van der Waals surface area contributed by atoms with Gasteiger partial charge < -0.3 is 15.0 Å². The maximum Gasteiger partial charge on any atom is 0.251 e. The van der Waals surface area contributed by atoms with Crippen LogP contribution in [0.5, 0.6) is 0 Å². The van der Waals surface area contributed by atoms with Crippen molar-refractivity contribution in [2.45, 2.75) is 46.6 Å². The van der Waals surface area contributed by atoms with Gasteiger partial charge in [0.1, 0.15) is 0 Å². The number of nitrogens with zero attached hydrogens (tertiary/aromatic N) is 2. The number of aromatic nitrogens is 2. The lowest BCUT2D eigenvalue weighted by Gasteiger charge is -2.13. The average molecular weight is 380 g/mol. The number of carbonyl (C=O) groups excluding carboxylic acids is 1. The second kappa shape index (κ2) is 9.02. The molecular weight excluding hydrogens is 350 g/mol. The molecule has 28 heavy (non-hydrogen) atoms. The monoisotopic (exact) mass is 379 g/mol. The summed E-state index contributed by atoms with van der Waals surface area (Å²) in [6, 6.07) is 12.1. The van der Waals surface area contributed by atoms with Gasteiger partial charge in [0.15, 0.2) is 0 Å². The van der Waals surface area contributed by atoms with Crippen LogP contribution in [0.1, 0.15) is 48.4 Å². The minimum atomic E-state index is -0.400. The van der Waals surface area contributed by atoms with Gasteiger partial charge in [0.2, 0.25) is 0 Å². The molecular formula is C23H29N3O2. The van der Waals surface area contributed by atoms with Crippen LogP contribution in [0.25, 0.3) is 22.2 Å². The maximum atomic E-state index is 12.4. The summed E-state index contributed by atoms with van der Waals surface area (Å²) in [6.45, 7) is 8.34. The Kier molecular flexibility index (Phi) is 6.47. The van der Waals surface area contributed by atoms with Crippen LogP contribution in [0.15, 0.2) is 36.4 Å². The molecule has 0 saturated heterocycles. The van der Waals surface area contributed by atoms with Crippen molar-refractivity contribution in [3.8, 4) is 11.3 Å². The molecule has 2 aromatic heterocycles. The molecule has 2 N–H and O–H groups in total. The molecule has 0 spiro atoms. The normalized spacial score (nSPS) is 11.2. The van der Waals surface area contributed by atoms with Crippen molar-refractivity contribution in [3.05, 3.63) is 53.3 Å². The van der Waals surface area contributed by atoms with Crippen molar-refractivity contribution in [1.82, 2.24) is 9.55 Å². The van der Waals surface area contributed by atoms with Crippen molar-refractivity contribution < 1.29 is 9.53 Å². The number of ether oxygens (including phenoxy) is 1. The number of para-hydroxylation sites is 1. The van der Waals surface area contributed by atoms with Crippen molar-refractivity contribution in [3.63, 3.8) is 0 Å². The molecule has 1 amide bonds.